The van der Waals surface area contributed by atoms with E-state index in [1.54, 1.807) is 11.3 Å². The predicted octanol–water partition coefficient (Wildman–Crippen LogP) is 4.26. The molecule has 22 heavy (non-hydrogen) atoms. The minimum Gasteiger partial charge on any atom is -0.265 e. The summed E-state index contributed by atoms with van der Waals surface area (Å²) in [6, 6.07) is 12.3. The van der Waals surface area contributed by atoms with Crippen molar-refractivity contribution in [3.05, 3.63) is 47.5 Å². The van der Waals surface area contributed by atoms with Crippen LogP contribution in [0.5, 0.6) is 0 Å². The molecule has 4 nitrogen and oxygen atoms in total. The maximum absolute atomic E-state index is 4.81. The van der Waals surface area contributed by atoms with Gasteiger partial charge in [-0.2, -0.15) is 0 Å². The normalized spacial score (nSPS) is 12.1. The molecule has 0 atom stereocenters. The van der Waals surface area contributed by atoms with Gasteiger partial charge in [0.1, 0.15) is 0 Å². The summed E-state index contributed by atoms with van der Waals surface area (Å²) in [7, 11) is 0. The molecule has 0 unspecified atom stereocenters. The molecule has 5 aromatic rings. The summed E-state index contributed by atoms with van der Waals surface area (Å²) in [5, 5.41) is 0. The predicted molar refractivity (Wildman–Crippen MR) is 90.7 cm³/mol. The van der Waals surface area contributed by atoms with E-state index in [-0.39, 0.29) is 0 Å². The van der Waals surface area contributed by atoms with Gasteiger partial charge < -0.3 is 0 Å². The number of thiazole rings is 1. The van der Waals surface area contributed by atoms with Crippen LogP contribution in [0.25, 0.3) is 37.5 Å². The fraction of sp³-hybridized carbons (Fsp3) is 0.118. The highest BCUT2D eigenvalue weighted by Crippen LogP contribution is 2.30. The van der Waals surface area contributed by atoms with Crippen molar-refractivity contribution in [2.24, 2.45) is 0 Å². The van der Waals surface area contributed by atoms with E-state index in [1.165, 1.54) is 11.1 Å². The van der Waals surface area contributed by atoms with Gasteiger partial charge in [-0.3, -0.25) is 4.40 Å². The summed E-state index contributed by atoms with van der Waals surface area (Å²) in [5.41, 5.74) is 7.39. The van der Waals surface area contributed by atoms with E-state index in [4.69, 9.17) is 15.0 Å². The number of benzene rings is 2. The average molecular weight is 304 g/mol. The quantitative estimate of drug-likeness (QED) is 0.429. The van der Waals surface area contributed by atoms with Gasteiger partial charge in [0.25, 0.3) is 0 Å². The van der Waals surface area contributed by atoms with Crippen molar-refractivity contribution in [1.82, 2.24) is 19.4 Å². The Kier molecular flexibility index (Phi) is 2.20. The Bertz CT molecular complexity index is 1200. The first-order chi connectivity index (χ1) is 10.7. The molecule has 5 heteroatoms. The molecule has 5 rings (SSSR count). The van der Waals surface area contributed by atoms with Gasteiger partial charge in [0.15, 0.2) is 15.4 Å². The SMILES string of the molecule is Cc1cc2nc3sc4nc5ccccc5nc4n3c2cc1C. The number of aryl methyl sites for hydroxylation is 2. The van der Waals surface area contributed by atoms with Gasteiger partial charge >= 0.3 is 0 Å². The van der Waals surface area contributed by atoms with E-state index in [2.05, 4.69) is 30.4 Å². The Hall–Kier alpha value is -2.53. The molecule has 2 aromatic carbocycles. The van der Waals surface area contributed by atoms with Crippen LogP contribution in [-0.4, -0.2) is 19.4 Å². The van der Waals surface area contributed by atoms with Crippen molar-refractivity contribution >= 4 is 48.8 Å². The van der Waals surface area contributed by atoms with Gasteiger partial charge in [-0.1, -0.05) is 23.5 Å². The third-order valence-electron chi connectivity index (χ3n) is 4.16. The lowest BCUT2D eigenvalue weighted by molar-refractivity contribution is 1.26. The molecule has 0 spiro atoms. The van der Waals surface area contributed by atoms with Gasteiger partial charge in [0.05, 0.1) is 22.1 Å². The molecule has 0 N–H and O–H groups in total. The maximum Gasteiger partial charge on any atom is 0.198 e. The van der Waals surface area contributed by atoms with Crippen LogP contribution in [0.2, 0.25) is 0 Å². The number of hydrogen-bond donors (Lipinski definition) is 0. The van der Waals surface area contributed by atoms with Crippen LogP contribution in [0.4, 0.5) is 0 Å². The van der Waals surface area contributed by atoms with Crippen LogP contribution in [0.15, 0.2) is 36.4 Å². The molecule has 0 aliphatic carbocycles. The van der Waals surface area contributed by atoms with E-state index in [9.17, 15) is 0 Å². The highest BCUT2D eigenvalue weighted by molar-refractivity contribution is 7.23. The second-order valence-electron chi connectivity index (χ2n) is 5.60. The lowest BCUT2D eigenvalue weighted by Gasteiger charge is -2.01. The molecular weight excluding hydrogens is 292 g/mol. The molecule has 0 aliphatic heterocycles. The van der Waals surface area contributed by atoms with Gasteiger partial charge in [0, 0.05) is 0 Å². The van der Waals surface area contributed by atoms with Crippen molar-refractivity contribution in [1.29, 1.82) is 0 Å². The molecular formula is C17H12N4S. The fourth-order valence-corrected chi connectivity index (χ4v) is 3.82. The molecule has 0 saturated heterocycles. The summed E-state index contributed by atoms with van der Waals surface area (Å²) in [5.74, 6) is 0. The van der Waals surface area contributed by atoms with E-state index < -0.39 is 0 Å². The van der Waals surface area contributed by atoms with Crippen molar-refractivity contribution in [2.45, 2.75) is 13.8 Å². The van der Waals surface area contributed by atoms with Crippen LogP contribution >= 0.6 is 11.3 Å². The molecule has 3 aromatic heterocycles. The van der Waals surface area contributed by atoms with Gasteiger partial charge in [-0.25, -0.2) is 15.0 Å². The molecule has 0 aliphatic rings. The standard InChI is InChI=1S/C17H12N4S/c1-9-7-13-14(8-10(9)2)21-15-16(22-17(21)20-13)19-12-6-4-3-5-11(12)18-15/h3-8H,1-2H3. The van der Waals surface area contributed by atoms with Crippen LogP contribution < -0.4 is 0 Å². The van der Waals surface area contributed by atoms with Crippen LogP contribution in [0, 0.1) is 13.8 Å². The Labute approximate surface area is 130 Å². The van der Waals surface area contributed by atoms with Crippen molar-refractivity contribution < 1.29 is 0 Å². The summed E-state index contributed by atoms with van der Waals surface area (Å²) in [6.07, 6.45) is 0. The van der Waals surface area contributed by atoms with E-state index in [1.807, 2.05) is 24.3 Å². The Morgan fingerprint density at radius 3 is 2.41 bits per heavy atom. The van der Waals surface area contributed by atoms with Crippen molar-refractivity contribution in [3.8, 4) is 0 Å². The summed E-state index contributed by atoms with van der Waals surface area (Å²) in [4.78, 5) is 16.2. The lowest BCUT2D eigenvalue weighted by atomic mass is 10.1. The van der Waals surface area contributed by atoms with E-state index in [0.29, 0.717) is 0 Å². The first-order valence-electron chi connectivity index (χ1n) is 7.15. The molecule has 0 saturated carbocycles. The second kappa shape index (κ2) is 4.01. The number of imidazole rings is 1. The number of fused-ring (bicyclic) bond motifs is 6. The fourth-order valence-electron chi connectivity index (χ4n) is 2.86. The summed E-state index contributed by atoms with van der Waals surface area (Å²) < 4.78 is 2.13. The maximum atomic E-state index is 4.81. The summed E-state index contributed by atoms with van der Waals surface area (Å²) >= 11 is 1.59. The first-order valence-corrected chi connectivity index (χ1v) is 7.97. The largest absolute Gasteiger partial charge is 0.265 e. The van der Waals surface area contributed by atoms with Crippen LogP contribution in [0.3, 0.4) is 0 Å². The highest BCUT2D eigenvalue weighted by atomic mass is 32.1. The minimum absolute atomic E-state index is 0.893. The Balaban J connectivity index is 2.02. The van der Waals surface area contributed by atoms with Crippen molar-refractivity contribution in [3.63, 3.8) is 0 Å². The topological polar surface area (TPSA) is 43.1 Å². The molecule has 3 heterocycles. The van der Waals surface area contributed by atoms with Gasteiger partial charge in [0.2, 0.25) is 0 Å². The van der Waals surface area contributed by atoms with Crippen LogP contribution in [0.1, 0.15) is 11.1 Å². The molecule has 0 fully saturated rings. The molecule has 0 amide bonds. The lowest BCUT2D eigenvalue weighted by Crippen LogP contribution is -1.89. The second-order valence-corrected chi connectivity index (χ2v) is 6.55. The smallest absolute Gasteiger partial charge is 0.198 e. The number of aromatic nitrogens is 4. The van der Waals surface area contributed by atoms with Gasteiger partial charge in [-0.15, -0.1) is 0 Å². The molecule has 0 radical (unpaired) electrons. The zero-order chi connectivity index (χ0) is 14.8. The Morgan fingerprint density at radius 2 is 1.59 bits per heavy atom. The minimum atomic E-state index is 0.893. The average Bonchev–Trinajstić information content (AvgIpc) is 3.01. The highest BCUT2D eigenvalue weighted by Gasteiger charge is 2.15. The molecule has 106 valence electrons. The molecule has 0 bridgehead atoms. The number of rotatable bonds is 0. The van der Waals surface area contributed by atoms with Crippen molar-refractivity contribution in [2.75, 3.05) is 0 Å². The van der Waals surface area contributed by atoms with E-state index in [0.717, 1.165) is 37.5 Å². The zero-order valence-corrected chi connectivity index (χ0v) is 13.0. The third kappa shape index (κ3) is 1.49. The monoisotopic (exact) mass is 304 g/mol. The first kappa shape index (κ1) is 12.1. The number of para-hydroxylation sites is 2. The zero-order valence-electron chi connectivity index (χ0n) is 12.2. The number of hydrogen-bond acceptors (Lipinski definition) is 4. The van der Waals surface area contributed by atoms with Gasteiger partial charge in [-0.05, 0) is 49.2 Å². The van der Waals surface area contributed by atoms with Crippen LogP contribution in [-0.2, 0) is 0 Å². The Morgan fingerprint density at radius 1 is 0.864 bits per heavy atom. The third-order valence-corrected chi connectivity index (χ3v) is 5.08. The summed E-state index contributed by atoms with van der Waals surface area (Å²) in [6.45, 7) is 4.25. The number of nitrogens with zero attached hydrogens (tertiary/aromatic N) is 4. The van der Waals surface area contributed by atoms with E-state index >= 15 is 0 Å².